The molecule has 0 bridgehead atoms. The number of hydrogen-bond donors (Lipinski definition) is 1. The molecule has 0 saturated carbocycles. The molecule has 1 aliphatic rings. The van der Waals surface area contributed by atoms with Crippen molar-refractivity contribution in [1.29, 1.82) is 0 Å². The van der Waals surface area contributed by atoms with Crippen molar-refractivity contribution in [2.24, 2.45) is 0 Å². The quantitative estimate of drug-likeness (QED) is 0.501. The number of nitrogen functional groups attached to an aromatic ring is 1. The van der Waals surface area contributed by atoms with Gasteiger partial charge in [0.05, 0.1) is 5.69 Å². The number of anilines is 1. The largest absolute Gasteiger partial charge is 0.399 e. The molecule has 1 aliphatic heterocycles. The second-order valence-corrected chi connectivity index (χ2v) is 7.84. The molecule has 4 aromatic rings. The lowest BCUT2D eigenvalue weighted by atomic mass is 10.0. The number of nitrogens with zero attached hydrogens (tertiary/aromatic N) is 4. The third kappa shape index (κ3) is 4.29. The Morgan fingerprint density at radius 3 is 2.48 bits per heavy atom. The molecule has 3 heterocycles. The fourth-order valence-electron chi connectivity index (χ4n) is 3.91. The van der Waals surface area contributed by atoms with Gasteiger partial charge in [0.1, 0.15) is 5.82 Å². The van der Waals surface area contributed by atoms with Crippen molar-refractivity contribution in [3.8, 4) is 22.5 Å². The van der Waals surface area contributed by atoms with Gasteiger partial charge in [-0.1, -0.05) is 12.1 Å². The lowest BCUT2D eigenvalue weighted by Gasteiger charge is -2.28. The monoisotopic (exact) mass is 411 g/mol. The first-order valence-corrected chi connectivity index (χ1v) is 10.3. The minimum Gasteiger partial charge on any atom is -0.399 e. The van der Waals surface area contributed by atoms with E-state index < -0.39 is 0 Å². The number of halogens is 1. The van der Waals surface area contributed by atoms with Crippen LogP contribution in [0, 0.1) is 5.82 Å². The first-order valence-electron chi connectivity index (χ1n) is 10.3. The lowest BCUT2D eigenvalue weighted by molar-refractivity contribution is 0.242. The molecule has 2 aromatic heterocycles. The van der Waals surface area contributed by atoms with Crippen molar-refractivity contribution in [2.45, 2.75) is 19.5 Å². The molecule has 0 amide bonds. The molecular formula is C25H22FN5. The van der Waals surface area contributed by atoms with E-state index in [1.165, 1.54) is 12.1 Å². The highest BCUT2D eigenvalue weighted by Crippen LogP contribution is 2.24. The molecule has 0 atom stereocenters. The van der Waals surface area contributed by atoms with Crippen LogP contribution in [0.1, 0.15) is 16.8 Å². The van der Waals surface area contributed by atoms with Gasteiger partial charge in [-0.15, -0.1) is 0 Å². The zero-order valence-corrected chi connectivity index (χ0v) is 17.0. The summed E-state index contributed by atoms with van der Waals surface area (Å²) in [7, 11) is 0. The fraction of sp³-hybridized carbons (Fsp3) is 0.160. The lowest BCUT2D eigenvalue weighted by Crippen LogP contribution is -2.31. The number of nitrogens with two attached hydrogens (primary N) is 1. The van der Waals surface area contributed by atoms with Crippen molar-refractivity contribution in [2.75, 3.05) is 12.3 Å². The maximum Gasteiger partial charge on any atom is 0.159 e. The van der Waals surface area contributed by atoms with Crippen LogP contribution in [0.2, 0.25) is 0 Å². The molecule has 0 saturated heterocycles. The normalized spacial score (nSPS) is 13.7. The first-order chi connectivity index (χ1) is 15.1. The van der Waals surface area contributed by atoms with Crippen LogP contribution < -0.4 is 5.73 Å². The van der Waals surface area contributed by atoms with Gasteiger partial charge in [0.25, 0.3) is 0 Å². The van der Waals surface area contributed by atoms with Crippen molar-refractivity contribution in [1.82, 2.24) is 19.9 Å². The Kier molecular flexibility index (Phi) is 5.14. The number of benzene rings is 2. The highest BCUT2D eigenvalue weighted by molar-refractivity contribution is 5.63. The van der Waals surface area contributed by atoms with Crippen molar-refractivity contribution in [3.63, 3.8) is 0 Å². The molecular weight excluding hydrogens is 389 g/mol. The molecule has 2 aromatic carbocycles. The summed E-state index contributed by atoms with van der Waals surface area (Å²) in [6.45, 7) is 2.52. The average Bonchev–Trinajstić information content (AvgIpc) is 2.80. The molecule has 0 unspecified atom stereocenters. The number of pyridine rings is 1. The molecule has 0 fully saturated rings. The molecule has 5 rings (SSSR count). The maximum atomic E-state index is 13.2. The van der Waals surface area contributed by atoms with Gasteiger partial charge in [-0.05, 0) is 53.6 Å². The average molecular weight is 411 g/mol. The molecule has 2 N–H and O–H groups in total. The zero-order chi connectivity index (χ0) is 21.2. The highest BCUT2D eigenvalue weighted by Gasteiger charge is 2.19. The highest BCUT2D eigenvalue weighted by atomic mass is 19.1. The smallest absolute Gasteiger partial charge is 0.159 e. The van der Waals surface area contributed by atoms with Crippen LogP contribution in [0.15, 0.2) is 73.2 Å². The van der Waals surface area contributed by atoms with Crippen molar-refractivity contribution >= 4 is 5.69 Å². The number of aromatic nitrogens is 3. The van der Waals surface area contributed by atoms with Crippen LogP contribution in [0.25, 0.3) is 22.5 Å². The van der Waals surface area contributed by atoms with E-state index in [0.29, 0.717) is 0 Å². The molecule has 6 heteroatoms. The Balaban J connectivity index is 1.30. The topological polar surface area (TPSA) is 67.9 Å². The van der Waals surface area contributed by atoms with Crippen LogP contribution in [-0.2, 0) is 19.5 Å². The Morgan fingerprint density at radius 1 is 0.903 bits per heavy atom. The number of rotatable bonds is 4. The van der Waals surface area contributed by atoms with Gasteiger partial charge in [-0.25, -0.2) is 14.4 Å². The summed E-state index contributed by atoms with van der Waals surface area (Å²) < 4.78 is 13.2. The van der Waals surface area contributed by atoms with Gasteiger partial charge in [0.15, 0.2) is 5.82 Å². The van der Waals surface area contributed by atoms with E-state index in [1.54, 1.807) is 12.1 Å². The predicted molar refractivity (Wildman–Crippen MR) is 119 cm³/mol. The van der Waals surface area contributed by atoms with Crippen LogP contribution in [0.5, 0.6) is 0 Å². The molecule has 0 aliphatic carbocycles. The fourth-order valence-corrected chi connectivity index (χ4v) is 3.91. The molecule has 31 heavy (non-hydrogen) atoms. The standard InChI is InChI=1S/C25H22FN5/c26-22-5-1-18(2-6-22)20-11-17(12-28-13-20)15-31-10-9-24-21(16-31)14-29-25(30-24)19-3-7-23(27)8-4-19/h1-8,11-14H,9-10,15-16,27H2. The summed E-state index contributed by atoms with van der Waals surface area (Å²) in [4.78, 5) is 16.1. The van der Waals surface area contributed by atoms with Crippen LogP contribution in [0.4, 0.5) is 10.1 Å². The minimum atomic E-state index is -0.235. The van der Waals surface area contributed by atoms with Crippen molar-refractivity contribution in [3.05, 3.63) is 95.8 Å². The number of fused-ring (bicyclic) bond motifs is 1. The van der Waals surface area contributed by atoms with E-state index in [2.05, 4.69) is 20.9 Å². The second-order valence-electron chi connectivity index (χ2n) is 7.84. The molecule has 154 valence electrons. The van der Waals surface area contributed by atoms with E-state index >= 15 is 0 Å². The van der Waals surface area contributed by atoms with E-state index in [9.17, 15) is 4.39 Å². The summed E-state index contributed by atoms with van der Waals surface area (Å²) >= 11 is 0. The summed E-state index contributed by atoms with van der Waals surface area (Å²) in [5.74, 6) is 0.505. The van der Waals surface area contributed by atoms with Gasteiger partial charge in [-0.2, -0.15) is 0 Å². The van der Waals surface area contributed by atoms with Crippen LogP contribution in [0.3, 0.4) is 0 Å². The Hall–Kier alpha value is -3.64. The van der Waals surface area contributed by atoms with Crippen molar-refractivity contribution < 1.29 is 4.39 Å². The van der Waals surface area contributed by atoms with Crippen LogP contribution in [-0.4, -0.2) is 26.4 Å². The minimum absolute atomic E-state index is 0.235. The van der Waals surface area contributed by atoms with Gasteiger partial charge in [-0.3, -0.25) is 9.88 Å². The maximum absolute atomic E-state index is 13.2. The van der Waals surface area contributed by atoms with Gasteiger partial charge in [0.2, 0.25) is 0 Å². The third-order valence-corrected chi connectivity index (χ3v) is 5.56. The Labute approximate surface area is 180 Å². The van der Waals surface area contributed by atoms with Gasteiger partial charge in [0, 0.05) is 67.0 Å². The Morgan fingerprint density at radius 2 is 1.68 bits per heavy atom. The van der Waals surface area contributed by atoms with E-state index in [-0.39, 0.29) is 5.82 Å². The van der Waals surface area contributed by atoms with Gasteiger partial charge < -0.3 is 5.73 Å². The summed E-state index contributed by atoms with van der Waals surface area (Å²) in [5, 5.41) is 0. The predicted octanol–water partition coefficient (Wildman–Crippen LogP) is 4.49. The zero-order valence-electron chi connectivity index (χ0n) is 17.0. The summed E-state index contributed by atoms with van der Waals surface area (Å²) in [5.41, 5.74) is 12.8. The van der Waals surface area contributed by atoms with Gasteiger partial charge >= 0.3 is 0 Å². The summed E-state index contributed by atoms with van der Waals surface area (Å²) in [6, 6.07) is 16.3. The van der Waals surface area contributed by atoms with E-state index in [1.807, 2.05) is 42.9 Å². The molecule has 0 spiro atoms. The third-order valence-electron chi connectivity index (χ3n) is 5.56. The Bertz CT molecular complexity index is 1210. The summed E-state index contributed by atoms with van der Waals surface area (Å²) in [6.07, 6.45) is 6.52. The molecule has 5 nitrogen and oxygen atoms in total. The second kappa shape index (κ2) is 8.24. The SMILES string of the molecule is Nc1ccc(-c2ncc3c(n2)CCN(Cc2cncc(-c4ccc(F)cc4)c2)C3)cc1. The van der Waals surface area contributed by atoms with E-state index in [4.69, 9.17) is 10.7 Å². The molecule has 0 radical (unpaired) electrons. The van der Waals surface area contributed by atoms with Crippen LogP contribution >= 0.6 is 0 Å². The van der Waals surface area contributed by atoms with E-state index in [0.717, 1.165) is 71.1 Å². The number of hydrogen-bond acceptors (Lipinski definition) is 5. The first kappa shape index (κ1) is 19.3.